The van der Waals surface area contributed by atoms with Gasteiger partial charge in [0.25, 0.3) is 0 Å². The minimum atomic E-state index is 0. The lowest BCUT2D eigenvalue weighted by Crippen LogP contribution is -2.01. The van der Waals surface area contributed by atoms with Crippen LogP contribution in [0.4, 0.5) is 0 Å². The van der Waals surface area contributed by atoms with Gasteiger partial charge in [0, 0.05) is 12.1 Å². The molecule has 2 nitrogen and oxygen atoms in total. The Bertz CT molecular complexity index is 746. The highest BCUT2D eigenvalue weighted by atomic mass is 35.5. The molecule has 0 atom stereocenters. The molecule has 3 heteroatoms. The van der Waals surface area contributed by atoms with E-state index >= 15 is 0 Å². The van der Waals surface area contributed by atoms with Crippen molar-refractivity contribution < 1.29 is 0 Å². The van der Waals surface area contributed by atoms with Crippen LogP contribution in [0.25, 0.3) is 22.4 Å². The van der Waals surface area contributed by atoms with Gasteiger partial charge in [-0.25, -0.2) is 4.98 Å². The van der Waals surface area contributed by atoms with Crippen molar-refractivity contribution in [2.75, 3.05) is 0 Å². The molecule has 0 saturated heterocycles. The number of fused-ring (bicyclic) bond motifs is 1. The van der Waals surface area contributed by atoms with Crippen LogP contribution < -0.4 is 0 Å². The van der Waals surface area contributed by atoms with Crippen LogP contribution in [0, 0.1) is 6.92 Å². The maximum atomic E-state index is 4.87. The Morgan fingerprint density at radius 3 is 2.59 bits per heavy atom. The van der Waals surface area contributed by atoms with Crippen molar-refractivity contribution in [3.05, 3.63) is 54.1 Å². The maximum absolute atomic E-state index is 4.87. The van der Waals surface area contributed by atoms with E-state index in [1.807, 2.05) is 0 Å². The van der Waals surface area contributed by atoms with Gasteiger partial charge >= 0.3 is 0 Å². The highest BCUT2D eigenvalue weighted by molar-refractivity contribution is 5.85. The summed E-state index contributed by atoms with van der Waals surface area (Å²) in [4.78, 5) is 4.87. The standard InChI is InChI=1S/C19H22N2.ClH/c1-3-4-7-13-21-18-12-6-5-11-17(18)20-19(21)16-10-8-9-15(2)14-16;/h5-6,8-12,14H,3-4,7,13H2,1-2H3;1H. The van der Waals surface area contributed by atoms with E-state index in [0.29, 0.717) is 0 Å². The summed E-state index contributed by atoms with van der Waals surface area (Å²) in [7, 11) is 0. The molecule has 2 aromatic carbocycles. The Morgan fingerprint density at radius 2 is 1.82 bits per heavy atom. The predicted octanol–water partition coefficient (Wildman–Crippen LogP) is 5.62. The third-order valence-electron chi connectivity index (χ3n) is 3.92. The van der Waals surface area contributed by atoms with Crippen molar-refractivity contribution in [3.63, 3.8) is 0 Å². The first-order valence-electron chi connectivity index (χ1n) is 7.82. The van der Waals surface area contributed by atoms with Crippen molar-refractivity contribution >= 4 is 23.4 Å². The van der Waals surface area contributed by atoms with Crippen LogP contribution in [-0.2, 0) is 6.54 Å². The van der Waals surface area contributed by atoms with Crippen LogP contribution in [0.1, 0.15) is 31.7 Å². The maximum Gasteiger partial charge on any atom is 0.141 e. The molecule has 0 radical (unpaired) electrons. The van der Waals surface area contributed by atoms with Crippen molar-refractivity contribution in [2.45, 2.75) is 39.7 Å². The number of benzene rings is 2. The number of aryl methyl sites for hydroxylation is 2. The Balaban J connectivity index is 0.00000176. The van der Waals surface area contributed by atoms with E-state index in [1.54, 1.807) is 0 Å². The fourth-order valence-electron chi connectivity index (χ4n) is 2.83. The smallest absolute Gasteiger partial charge is 0.141 e. The van der Waals surface area contributed by atoms with Gasteiger partial charge in [0.15, 0.2) is 0 Å². The number of nitrogens with zero attached hydrogens (tertiary/aromatic N) is 2. The molecule has 116 valence electrons. The van der Waals surface area contributed by atoms with Crippen LogP contribution in [0.15, 0.2) is 48.5 Å². The summed E-state index contributed by atoms with van der Waals surface area (Å²) in [6, 6.07) is 17.1. The molecule has 1 aromatic heterocycles. The van der Waals surface area contributed by atoms with Crippen LogP contribution in [-0.4, -0.2) is 9.55 Å². The average Bonchev–Trinajstić information content (AvgIpc) is 2.87. The zero-order valence-corrected chi connectivity index (χ0v) is 14.1. The lowest BCUT2D eigenvalue weighted by Gasteiger charge is -2.09. The van der Waals surface area contributed by atoms with E-state index in [1.165, 1.54) is 35.9 Å². The quantitative estimate of drug-likeness (QED) is 0.558. The molecule has 0 N–H and O–H groups in total. The molecule has 3 aromatic rings. The molecule has 0 saturated carbocycles. The van der Waals surface area contributed by atoms with Gasteiger partial charge < -0.3 is 4.57 Å². The molecular formula is C19H23ClN2. The first-order chi connectivity index (χ1) is 10.3. The van der Waals surface area contributed by atoms with Gasteiger partial charge in [-0.3, -0.25) is 0 Å². The summed E-state index contributed by atoms with van der Waals surface area (Å²) in [6.07, 6.45) is 3.71. The van der Waals surface area contributed by atoms with Crippen molar-refractivity contribution in [1.82, 2.24) is 9.55 Å². The normalized spacial score (nSPS) is 10.6. The Kier molecular flexibility index (Phi) is 5.62. The number of para-hydroxylation sites is 2. The van der Waals surface area contributed by atoms with Crippen LogP contribution >= 0.6 is 12.4 Å². The third kappa shape index (κ3) is 3.33. The van der Waals surface area contributed by atoms with Crippen LogP contribution in [0.5, 0.6) is 0 Å². The number of hydrogen-bond acceptors (Lipinski definition) is 1. The third-order valence-corrected chi connectivity index (χ3v) is 3.92. The number of unbranched alkanes of at least 4 members (excludes halogenated alkanes) is 2. The summed E-state index contributed by atoms with van der Waals surface area (Å²) >= 11 is 0. The summed E-state index contributed by atoms with van der Waals surface area (Å²) in [6.45, 7) is 5.42. The molecule has 0 fully saturated rings. The van der Waals surface area contributed by atoms with Gasteiger partial charge in [0.2, 0.25) is 0 Å². The molecule has 0 spiro atoms. The van der Waals surface area contributed by atoms with Crippen molar-refractivity contribution in [3.8, 4) is 11.4 Å². The summed E-state index contributed by atoms with van der Waals surface area (Å²) < 4.78 is 2.37. The number of aromatic nitrogens is 2. The molecule has 22 heavy (non-hydrogen) atoms. The molecular weight excluding hydrogens is 292 g/mol. The van der Waals surface area contributed by atoms with Gasteiger partial charge in [-0.2, -0.15) is 0 Å². The van der Waals surface area contributed by atoms with E-state index in [2.05, 4.69) is 66.9 Å². The molecule has 0 unspecified atom stereocenters. The van der Waals surface area contributed by atoms with Gasteiger partial charge in [-0.1, -0.05) is 55.7 Å². The second-order valence-corrected chi connectivity index (χ2v) is 5.65. The zero-order valence-electron chi connectivity index (χ0n) is 13.2. The molecule has 0 bridgehead atoms. The lowest BCUT2D eigenvalue weighted by atomic mass is 10.1. The van der Waals surface area contributed by atoms with E-state index in [0.717, 1.165) is 17.9 Å². The number of imidazole rings is 1. The topological polar surface area (TPSA) is 17.8 Å². The van der Waals surface area contributed by atoms with Gasteiger partial charge in [0.05, 0.1) is 11.0 Å². The Morgan fingerprint density at radius 1 is 1.00 bits per heavy atom. The summed E-state index contributed by atoms with van der Waals surface area (Å²) in [5, 5.41) is 0. The first-order valence-corrected chi connectivity index (χ1v) is 7.82. The minimum Gasteiger partial charge on any atom is -0.324 e. The van der Waals surface area contributed by atoms with E-state index in [9.17, 15) is 0 Å². The minimum absolute atomic E-state index is 0. The predicted molar refractivity (Wildman–Crippen MR) is 96.7 cm³/mol. The highest BCUT2D eigenvalue weighted by Gasteiger charge is 2.11. The first kappa shape index (κ1) is 16.6. The average molecular weight is 315 g/mol. The second-order valence-electron chi connectivity index (χ2n) is 5.65. The second kappa shape index (κ2) is 7.46. The largest absolute Gasteiger partial charge is 0.324 e. The summed E-state index contributed by atoms with van der Waals surface area (Å²) in [5.41, 5.74) is 4.82. The van der Waals surface area contributed by atoms with Gasteiger partial charge in [0.1, 0.15) is 5.82 Å². The summed E-state index contributed by atoms with van der Waals surface area (Å²) in [5.74, 6) is 1.09. The van der Waals surface area contributed by atoms with E-state index < -0.39 is 0 Å². The van der Waals surface area contributed by atoms with Gasteiger partial charge in [-0.15, -0.1) is 12.4 Å². The van der Waals surface area contributed by atoms with Crippen LogP contribution in [0.2, 0.25) is 0 Å². The molecule has 0 aliphatic heterocycles. The molecule has 0 aliphatic rings. The zero-order chi connectivity index (χ0) is 14.7. The van der Waals surface area contributed by atoms with Crippen molar-refractivity contribution in [2.24, 2.45) is 0 Å². The van der Waals surface area contributed by atoms with Gasteiger partial charge in [-0.05, 0) is 31.5 Å². The highest BCUT2D eigenvalue weighted by Crippen LogP contribution is 2.26. The lowest BCUT2D eigenvalue weighted by molar-refractivity contribution is 0.617. The van der Waals surface area contributed by atoms with E-state index in [4.69, 9.17) is 4.98 Å². The molecule has 1 heterocycles. The Hall–Kier alpha value is -1.80. The number of hydrogen-bond donors (Lipinski definition) is 0. The molecule has 3 rings (SSSR count). The fourth-order valence-corrected chi connectivity index (χ4v) is 2.83. The Labute approximate surface area is 138 Å². The SMILES string of the molecule is CCCCCn1c(-c2cccc(C)c2)nc2ccccc21.Cl. The molecule has 0 aliphatic carbocycles. The number of rotatable bonds is 5. The van der Waals surface area contributed by atoms with E-state index in [-0.39, 0.29) is 12.4 Å². The van der Waals surface area contributed by atoms with Crippen LogP contribution in [0.3, 0.4) is 0 Å². The number of halogens is 1. The monoisotopic (exact) mass is 314 g/mol. The van der Waals surface area contributed by atoms with Crippen molar-refractivity contribution in [1.29, 1.82) is 0 Å². The fraction of sp³-hybridized carbons (Fsp3) is 0.316. The molecule has 0 amide bonds.